The molecule has 1 saturated carbocycles. The maximum atomic E-state index is 15.4. The Bertz CT molecular complexity index is 3610. The largest absolute Gasteiger partial charge is 0.461 e. The van der Waals surface area contributed by atoms with Gasteiger partial charge in [-0.25, -0.2) is 0 Å². The molecule has 4 heterocycles. The Kier molecular flexibility index (Phi) is 7.98. The van der Waals surface area contributed by atoms with E-state index in [9.17, 15) is 0 Å². The van der Waals surface area contributed by atoms with Gasteiger partial charge in [0.15, 0.2) is 11.5 Å². The molecule has 6 nitrogen and oxygen atoms in total. The molecule has 0 bridgehead atoms. The monoisotopic (exact) mass is 870 g/mol. The molecule has 9 aliphatic rings. The normalized spacial score (nSPS) is 23.4. The van der Waals surface area contributed by atoms with Crippen molar-refractivity contribution in [1.82, 2.24) is 4.90 Å². The van der Waals surface area contributed by atoms with Gasteiger partial charge in [-0.3, -0.25) is 4.79 Å². The molecular weight excluding hydrogens is 825 g/mol. The summed E-state index contributed by atoms with van der Waals surface area (Å²) in [6, 6.07) is 38.1. The highest BCUT2D eigenvalue weighted by molar-refractivity contribution is 6.33. The molecule has 0 saturated heterocycles. The summed E-state index contributed by atoms with van der Waals surface area (Å²) in [4.78, 5) is 20.4. The van der Waals surface area contributed by atoms with Crippen molar-refractivity contribution in [2.75, 3.05) is 4.90 Å². The van der Waals surface area contributed by atoms with Crippen molar-refractivity contribution >= 4 is 51.7 Å². The van der Waals surface area contributed by atoms with Crippen LogP contribution in [-0.4, -0.2) is 10.7 Å². The lowest BCUT2D eigenvalue weighted by atomic mass is 9.81. The second kappa shape index (κ2) is 14.2. The zero-order chi connectivity index (χ0) is 43.9. The van der Waals surface area contributed by atoms with Crippen LogP contribution < -0.4 is 25.0 Å². The van der Waals surface area contributed by atoms with Gasteiger partial charge in [-0.1, -0.05) is 97.1 Å². The average molecular weight is 871 g/mol. The third-order valence-electron chi connectivity index (χ3n) is 16.0. The smallest absolute Gasteiger partial charge is 0.193 e. The minimum Gasteiger partial charge on any atom is -0.461 e. The maximum Gasteiger partial charge on any atom is 0.193 e. The lowest BCUT2D eigenvalue weighted by Gasteiger charge is -2.41. The second-order valence-electron chi connectivity index (χ2n) is 19.4. The number of para-hydroxylation sites is 3. The molecule has 67 heavy (non-hydrogen) atoms. The summed E-state index contributed by atoms with van der Waals surface area (Å²) < 4.78 is 19.8. The van der Waals surface area contributed by atoms with E-state index < -0.39 is 0 Å². The molecule has 0 N–H and O–H groups in total. The van der Waals surface area contributed by atoms with Gasteiger partial charge in [0.05, 0.1) is 23.1 Å². The zero-order valence-electron chi connectivity index (χ0n) is 37.0. The predicted octanol–water partition coefficient (Wildman–Crippen LogP) is 12.8. The van der Waals surface area contributed by atoms with Crippen LogP contribution in [0.5, 0.6) is 11.5 Å². The van der Waals surface area contributed by atoms with E-state index in [1.807, 2.05) is 12.1 Å². The van der Waals surface area contributed by atoms with Crippen molar-refractivity contribution in [2.24, 2.45) is 11.8 Å². The number of hydrogen-bond donors (Lipinski definition) is 0. The van der Waals surface area contributed by atoms with E-state index in [4.69, 9.17) is 13.9 Å². The Morgan fingerprint density at radius 3 is 2.40 bits per heavy atom. The standard InChI is InChI=1S/C61H46N2O4/c64-61(43-26-28-51(38-16-4-2-14-36(38)43)63-52-21-9-12-24-58(52)67-60-33-48-41-19-7-10-22-55(41)65-57(48)30-29-53(60)63)42-25-27-50(37-15-3-1-13-35(37)42)62-49-20-8-5-17-39(49)44-31-45(44)46-32-47-40-18-6-11-23-56(40)66-59(47)34-54(46)62/h1-4,6,8-16,18,20-26,28,30,33-34,44-45,47,50H,5,7,17,19,27,29,31-32H2/t44?,45-,47?,50?/m0/s1. The van der Waals surface area contributed by atoms with Crippen LogP contribution in [0.25, 0.3) is 34.6 Å². The van der Waals surface area contributed by atoms with Gasteiger partial charge in [0.25, 0.3) is 0 Å². The molecule has 0 spiro atoms. The van der Waals surface area contributed by atoms with Gasteiger partial charge in [-0.05, 0) is 139 Å². The van der Waals surface area contributed by atoms with Crippen LogP contribution in [0.15, 0.2) is 184 Å². The third-order valence-corrected chi connectivity index (χ3v) is 16.0. The summed E-state index contributed by atoms with van der Waals surface area (Å²) in [5.74, 6) is 6.09. The van der Waals surface area contributed by atoms with Crippen molar-refractivity contribution in [1.29, 1.82) is 0 Å². The number of nitrogens with zero attached hydrogens (tertiary/aromatic N) is 2. The number of furan rings is 1. The summed E-state index contributed by atoms with van der Waals surface area (Å²) in [5.41, 5.74) is 16.0. The number of allylic oxidation sites excluding steroid dienone is 10. The molecule has 0 radical (unpaired) electrons. The van der Waals surface area contributed by atoms with Gasteiger partial charge in [-0.2, -0.15) is 0 Å². The molecule has 6 aromatic rings. The highest BCUT2D eigenvalue weighted by Crippen LogP contribution is 2.62. The van der Waals surface area contributed by atoms with Crippen LogP contribution in [0.4, 0.5) is 11.4 Å². The van der Waals surface area contributed by atoms with Gasteiger partial charge >= 0.3 is 0 Å². The number of carbonyl (C=O) groups excluding carboxylic acids is 1. The number of benzene rings is 5. The van der Waals surface area contributed by atoms with E-state index in [0.717, 1.165) is 110 Å². The quantitative estimate of drug-likeness (QED) is 0.165. The Morgan fingerprint density at radius 1 is 0.672 bits per heavy atom. The summed E-state index contributed by atoms with van der Waals surface area (Å²) in [6.07, 6.45) is 25.7. The van der Waals surface area contributed by atoms with Gasteiger partial charge < -0.3 is 23.7 Å². The van der Waals surface area contributed by atoms with Crippen molar-refractivity contribution in [3.63, 3.8) is 0 Å². The van der Waals surface area contributed by atoms with Crippen LogP contribution in [0.1, 0.15) is 95.3 Å². The van der Waals surface area contributed by atoms with E-state index in [0.29, 0.717) is 30.2 Å². The van der Waals surface area contributed by atoms with Crippen LogP contribution >= 0.6 is 0 Å². The molecule has 1 aromatic heterocycles. The fraction of sp³-hybridized carbons (Fsp3) is 0.197. The Hall–Kier alpha value is -7.57. The molecule has 6 heteroatoms. The van der Waals surface area contributed by atoms with Gasteiger partial charge in [0, 0.05) is 62.7 Å². The van der Waals surface area contributed by atoms with E-state index in [1.165, 1.54) is 34.5 Å². The molecule has 0 amide bonds. The number of ketones is 1. The molecular formula is C61H46N2O4. The van der Waals surface area contributed by atoms with Crippen LogP contribution in [0.2, 0.25) is 0 Å². The van der Waals surface area contributed by atoms with Gasteiger partial charge in [-0.15, -0.1) is 0 Å². The summed E-state index contributed by atoms with van der Waals surface area (Å²) in [6.45, 7) is 0. The predicted molar refractivity (Wildman–Crippen MR) is 264 cm³/mol. The van der Waals surface area contributed by atoms with Crippen molar-refractivity contribution < 1.29 is 18.7 Å². The molecule has 324 valence electrons. The molecule has 1 fully saturated rings. The van der Waals surface area contributed by atoms with E-state index in [-0.39, 0.29) is 17.7 Å². The van der Waals surface area contributed by atoms with Crippen LogP contribution in [0, 0.1) is 11.8 Å². The summed E-state index contributed by atoms with van der Waals surface area (Å²) >= 11 is 0. The van der Waals surface area contributed by atoms with Crippen molar-refractivity contribution in [3.8, 4) is 11.5 Å². The summed E-state index contributed by atoms with van der Waals surface area (Å²) in [7, 11) is 0. The van der Waals surface area contributed by atoms with Crippen molar-refractivity contribution in [3.05, 3.63) is 224 Å². The highest BCUT2D eigenvalue weighted by Gasteiger charge is 2.51. The Balaban J connectivity index is 0.828. The lowest BCUT2D eigenvalue weighted by Crippen LogP contribution is -2.32. The SMILES string of the molecule is O=C(C1=CCC(N2C3=C(CCC=C3)C3C[C@@H]3C3=C2C=C2Oc4ccccc4C2C3)c2ccccc21)c1ccc(N2C3=C(C=c4c5c(oc4=CC3)C=CCC5)Oc3ccccc32)c2ccccc12. The first-order chi connectivity index (χ1) is 33.1. The molecule has 4 atom stereocenters. The minimum atomic E-state index is 0.0232. The number of rotatable bonds is 4. The topological polar surface area (TPSA) is 55.2 Å². The minimum absolute atomic E-state index is 0.0232. The van der Waals surface area contributed by atoms with Gasteiger partial charge in [0.2, 0.25) is 0 Å². The molecule has 15 rings (SSSR count). The molecule has 5 aromatic carbocycles. The number of hydrogen-bond acceptors (Lipinski definition) is 6. The number of fused-ring (bicyclic) bond motifs is 12. The number of ether oxygens (including phenoxy) is 2. The third kappa shape index (κ3) is 5.53. The second-order valence-corrected chi connectivity index (χ2v) is 19.4. The number of anilines is 2. The zero-order valence-corrected chi connectivity index (χ0v) is 37.0. The van der Waals surface area contributed by atoms with Gasteiger partial charge in [0.1, 0.15) is 28.4 Å². The first-order valence-electron chi connectivity index (χ1n) is 24.2. The number of Topliss-reactive ketones (excluding diaryl/α,β-unsaturated/α-hetero) is 1. The van der Waals surface area contributed by atoms with E-state index >= 15 is 4.79 Å². The van der Waals surface area contributed by atoms with E-state index in [1.54, 1.807) is 11.1 Å². The Labute approximate surface area is 388 Å². The fourth-order valence-corrected chi connectivity index (χ4v) is 12.9. The first-order valence-corrected chi connectivity index (χ1v) is 24.2. The first kappa shape index (κ1) is 37.6. The Morgan fingerprint density at radius 2 is 1.46 bits per heavy atom. The molecule has 3 aliphatic heterocycles. The highest BCUT2D eigenvalue weighted by atomic mass is 16.5. The molecule has 3 unspecified atom stereocenters. The number of carbonyl (C=O) groups is 1. The summed E-state index contributed by atoms with van der Waals surface area (Å²) in [5, 5.41) is 3.04. The fourth-order valence-electron chi connectivity index (χ4n) is 12.9. The van der Waals surface area contributed by atoms with Crippen LogP contribution in [0.3, 0.4) is 0 Å². The van der Waals surface area contributed by atoms with Crippen LogP contribution in [-0.2, 0) is 6.42 Å². The van der Waals surface area contributed by atoms with E-state index in [2.05, 4.69) is 155 Å². The molecule has 6 aliphatic carbocycles. The lowest BCUT2D eigenvalue weighted by molar-refractivity contribution is 0.105. The van der Waals surface area contributed by atoms with Crippen molar-refractivity contribution in [2.45, 2.75) is 63.3 Å². The maximum absolute atomic E-state index is 15.4. The average Bonchev–Trinajstić information content (AvgIpc) is 4.05.